The molecule has 1 heterocycles. The van der Waals surface area contributed by atoms with Gasteiger partial charge >= 0.3 is 0 Å². The van der Waals surface area contributed by atoms with Gasteiger partial charge in [0.05, 0.1) is 12.6 Å². The third-order valence-corrected chi connectivity index (χ3v) is 3.36. The number of hydrogen-bond donors (Lipinski definition) is 2. The molecule has 18 heavy (non-hydrogen) atoms. The van der Waals surface area contributed by atoms with Gasteiger partial charge in [0.1, 0.15) is 0 Å². The van der Waals surface area contributed by atoms with Crippen molar-refractivity contribution in [2.75, 3.05) is 25.2 Å². The van der Waals surface area contributed by atoms with E-state index in [-0.39, 0.29) is 5.84 Å². The number of amidine groups is 1. The van der Waals surface area contributed by atoms with Crippen LogP contribution in [0.4, 0.5) is 5.69 Å². The van der Waals surface area contributed by atoms with E-state index in [1.54, 1.807) is 0 Å². The zero-order chi connectivity index (χ0) is 13.0. The van der Waals surface area contributed by atoms with Gasteiger partial charge in [-0.05, 0) is 37.1 Å². The van der Waals surface area contributed by atoms with E-state index in [4.69, 9.17) is 15.7 Å². The first-order chi connectivity index (χ1) is 8.72. The number of rotatable bonds is 3. The molecule has 1 fully saturated rings. The van der Waals surface area contributed by atoms with Gasteiger partial charge in [0.25, 0.3) is 0 Å². The average molecular weight is 249 g/mol. The van der Waals surface area contributed by atoms with E-state index in [0.717, 1.165) is 37.3 Å². The molecule has 0 radical (unpaired) electrons. The molecule has 2 rings (SSSR count). The normalized spacial score (nSPS) is 20.7. The van der Waals surface area contributed by atoms with Crippen LogP contribution in [0.2, 0.25) is 0 Å². The van der Waals surface area contributed by atoms with E-state index in [2.05, 4.69) is 17.1 Å². The second kappa shape index (κ2) is 5.73. The van der Waals surface area contributed by atoms with Gasteiger partial charge in [-0.3, -0.25) is 0 Å². The average Bonchev–Trinajstić information content (AvgIpc) is 2.47. The summed E-state index contributed by atoms with van der Waals surface area (Å²) in [6, 6.07) is 8.08. The predicted molar refractivity (Wildman–Crippen MR) is 71.2 cm³/mol. The van der Waals surface area contributed by atoms with Gasteiger partial charge in [0, 0.05) is 24.9 Å². The molecule has 1 unspecified atom stereocenters. The molecule has 1 aliphatic rings. The second-order valence-electron chi connectivity index (χ2n) is 4.51. The zero-order valence-electron chi connectivity index (χ0n) is 10.5. The fraction of sp³-hybridized carbons (Fsp3) is 0.462. The van der Waals surface area contributed by atoms with Crippen LogP contribution in [0.3, 0.4) is 0 Å². The van der Waals surface area contributed by atoms with Crippen LogP contribution in [0, 0.1) is 0 Å². The predicted octanol–water partition coefficient (Wildman–Crippen LogP) is 1.40. The molecule has 5 nitrogen and oxygen atoms in total. The van der Waals surface area contributed by atoms with E-state index in [9.17, 15) is 0 Å². The molecular formula is C13H19N3O2. The van der Waals surface area contributed by atoms with E-state index >= 15 is 0 Å². The van der Waals surface area contributed by atoms with E-state index < -0.39 is 0 Å². The minimum absolute atomic E-state index is 0.130. The number of oxime groups is 1. The van der Waals surface area contributed by atoms with Gasteiger partial charge in [-0.15, -0.1) is 0 Å². The van der Waals surface area contributed by atoms with Gasteiger partial charge in [0.2, 0.25) is 0 Å². The van der Waals surface area contributed by atoms with Gasteiger partial charge in [-0.2, -0.15) is 0 Å². The summed E-state index contributed by atoms with van der Waals surface area (Å²) in [5.74, 6) is 0.130. The SMILES string of the molecule is CN(c1ccc(/C(N)=N/O)cc1)C1CCCOC1. The topological polar surface area (TPSA) is 71.1 Å². The second-order valence-corrected chi connectivity index (χ2v) is 4.51. The van der Waals surface area contributed by atoms with Crippen molar-refractivity contribution in [3.05, 3.63) is 29.8 Å². The molecule has 3 N–H and O–H groups in total. The lowest BCUT2D eigenvalue weighted by atomic mass is 10.1. The largest absolute Gasteiger partial charge is 0.409 e. The maximum absolute atomic E-state index is 8.61. The van der Waals surface area contributed by atoms with Crippen LogP contribution in [0.25, 0.3) is 0 Å². The smallest absolute Gasteiger partial charge is 0.170 e. The van der Waals surface area contributed by atoms with Crippen molar-refractivity contribution in [3.8, 4) is 0 Å². The van der Waals surface area contributed by atoms with Crippen LogP contribution < -0.4 is 10.6 Å². The van der Waals surface area contributed by atoms with Gasteiger partial charge in [-0.25, -0.2) is 0 Å². The quantitative estimate of drug-likeness (QED) is 0.367. The summed E-state index contributed by atoms with van der Waals surface area (Å²) in [5, 5.41) is 11.6. The number of hydrogen-bond acceptors (Lipinski definition) is 4. The Morgan fingerprint density at radius 3 is 2.72 bits per heavy atom. The number of benzene rings is 1. The summed E-state index contributed by atoms with van der Waals surface area (Å²) in [6.07, 6.45) is 2.26. The highest BCUT2D eigenvalue weighted by atomic mass is 16.5. The van der Waals surface area contributed by atoms with E-state index in [1.807, 2.05) is 24.3 Å². The summed E-state index contributed by atoms with van der Waals surface area (Å²) in [5.41, 5.74) is 7.36. The molecule has 1 aliphatic heterocycles. The molecule has 1 saturated heterocycles. The fourth-order valence-corrected chi connectivity index (χ4v) is 2.17. The highest BCUT2D eigenvalue weighted by Gasteiger charge is 2.18. The van der Waals surface area contributed by atoms with Crippen molar-refractivity contribution >= 4 is 11.5 Å². The third kappa shape index (κ3) is 2.73. The van der Waals surface area contributed by atoms with Gasteiger partial charge in [-0.1, -0.05) is 5.16 Å². The molecule has 98 valence electrons. The van der Waals surface area contributed by atoms with E-state index in [0.29, 0.717) is 6.04 Å². The summed E-state index contributed by atoms with van der Waals surface area (Å²) in [6.45, 7) is 1.64. The maximum Gasteiger partial charge on any atom is 0.170 e. The monoisotopic (exact) mass is 249 g/mol. The summed E-state index contributed by atoms with van der Waals surface area (Å²) in [7, 11) is 2.07. The van der Waals surface area contributed by atoms with Crippen LogP contribution in [0.5, 0.6) is 0 Å². The number of nitrogens with zero attached hydrogens (tertiary/aromatic N) is 2. The van der Waals surface area contributed by atoms with Crippen LogP contribution in [-0.2, 0) is 4.74 Å². The molecule has 0 amide bonds. The fourth-order valence-electron chi connectivity index (χ4n) is 2.17. The zero-order valence-corrected chi connectivity index (χ0v) is 10.5. The Morgan fingerprint density at radius 1 is 1.44 bits per heavy atom. The Kier molecular flexibility index (Phi) is 4.04. The van der Waals surface area contributed by atoms with Crippen LogP contribution in [-0.4, -0.2) is 37.3 Å². The molecular weight excluding hydrogens is 230 g/mol. The minimum atomic E-state index is 0.130. The molecule has 1 aromatic carbocycles. The first kappa shape index (κ1) is 12.7. The lowest BCUT2D eigenvalue weighted by Crippen LogP contribution is -2.38. The number of anilines is 1. The summed E-state index contributed by atoms with van der Waals surface area (Å²) in [4.78, 5) is 2.22. The highest BCUT2D eigenvalue weighted by molar-refractivity contribution is 5.97. The summed E-state index contributed by atoms with van der Waals surface area (Å²) < 4.78 is 5.49. The molecule has 1 aromatic rings. The first-order valence-corrected chi connectivity index (χ1v) is 6.11. The Morgan fingerprint density at radius 2 is 2.17 bits per heavy atom. The molecule has 0 aliphatic carbocycles. The highest BCUT2D eigenvalue weighted by Crippen LogP contribution is 2.20. The lowest BCUT2D eigenvalue weighted by Gasteiger charge is -2.32. The third-order valence-electron chi connectivity index (χ3n) is 3.36. The Balaban J connectivity index is 2.08. The summed E-state index contributed by atoms with van der Waals surface area (Å²) >= 11 is 0. The van der Waals surface area contributed by atoms with Crippen molar-refractivity contribution in [3.63, 3.8) is 0 Å². The molecule has 1 atom stereocenters. The first-order valence-electron chi connectivity index (χ1n) is 6.11. The van der Waals surface area contributed by atoms with Crippen molar-refractivity contribution in [2.45, 2.75) is 18.9 Å². The molecule has 0 saturated carbocycles. The number of likely N-dealkylation sites (N-methyl/N-ethyl adjacent to an activating group) is 1. The minimum Gasteiger partial charge on any atom is -0.409 e. The maximum atomic E-state index is 8.61. The van der Waals surface area contributed by atoms with Gasteiger partial charge in [0.15, 0.2) is 5.84 Å². The standard InChI is InChI=1S/C13H19N3O2/c1-16(12-3-2-8-18-9-12)11-6-4-10(5-7-11)13(14)15-17/h4-7,12,17H,2-3,8-9H2,1H3,(H2,14,15). The Hall–Kier alpha value is -1.75. The van der Waals surface area contributed by atoms with E-state index in [1.165, 1.54) is 0 Å². The number of nitrogens with two attached hydrogens (primary N) is 1. The lowest BCUT2D eigenvalue weighted by molar-refractivity contribution is 0.0807. The molecule has 0 bridgehead atoms. The van der Waals surface area contributed by atoms with Crippen molar-refractivity contribution in [1.29, 1.82) is 0 Å². The molecule has 0 spiro atoms. The molecule has 5 heteroatoms. The molecule has 0 aromatic heterocycles. The van der Waals surface area contributed by atoms with Gasteiger partial charge < -0.3 is 20.6 Å². The van der Waals surface area contributed by atoms with Crippen LogP contribution in [0.15, 0.2) is 29.4 Å². The van der Waals surface area contributed by atoms with Crippen molar-refractivity contribution in [2.24, 2.45) is 10.9 Å². The Bertz CT molecular complexity index is 411. The van der Waals surface area contributed by atoms with Crippen LogP contribution in [0.1, 0.15) is 18.4 Å². The van der Waals surface area contributed by atoms with Crippen molar-refractivity contribution < 1.29 is 9.94 Å². The van der Waals surface area contributed by atoms with Crippen LogP contribution >= 0.6 is 0 Å². The van der Waals surface area contributed by atoms with Crippen molar-refractivity contribution in [1.82, 2.24) is 0 Å². The Labute approximate surface area is 107 Å². The number of ether oxygens (including phenoxy) is 1.